The molecule has 4 heteroatoms. The fourth-order valence-electron chi connectivity index (χ4n) is 2.24. The van der Waals surface area contributed by atoms with Crippen molar-refractivity contribution in [3.05, 3.63) is 0 Å². The van der Waals surface area contributed by atoms with Gasteiger partial charge in [-0.2, -0.15) is 0 Å². The smallest absolute Gasteiger partial charge is 0.320 e. The fraction of sp³-hybridized carbons (Fsp3) is 0.923. The number of carbonyl (C=O) groups is 1. The van der Waals surface area contributed by atoms with E-state index in [0.717, 1.165) is 19.4 Å². The van der Waals surface area contributed by atoms with E-state index in [0.29, 0.717) is 0 Å². The van der Waals surface area contributed by atoms with Crippen LogP contribution in [0.15, 0.2) is 0 Å². The highest BCUT2D eigenvalue weighted by Crippen LogP contribution is 2.03. The van der Waals surface area contributed by atoms with Gasteiger partial charge in [-0.05, 0) is 47.1 Å². The number of hydrogen-bond acceptors (Lipinski definition) is 2. The number of rotatable bonds is 5. The van der Waals surface area contributed by atoms with Crippen LogP contribution in [-0.2, 0) is 4.79 Å². The Morgan fingerprint density at radius 2 is 1.65 bits per heavy atom. The number of nitrogens with zero attached hydrogens (tertiary/aromatic N) is 1. The van der Waals surface area contributed by atoms with Crippen molar-refractivity contribution in [2.75, 3.05) is 32.7 Å². The summed E-state index contributed by atoms with van der Waals surface area (Å²) in [7, 11) is 0. The Labute approximate surface area is 106 Å². The molecule has 0 aromatic heterocycles. The standard InChI is InChI=1S/C8H20N.C5H9NO2/c1-5-9(6-2,7-3)8-4;7-5(8)4-2-1-3-6-4/h5-8H2,1-4H3;4,6H,1-3H2,(H,7,8)/q+1;/t;4-/m.0/s1. The van der Waals surface area contributed by atoms with E-state index in [-0.39, 0.29) is 6.04 Å². The first-order valence-electron chi connectivity index (χ1n) is 6.86. The normalized spacial score (nSPS) is 19.6. The van der Waals surface area contributed by atoms with Crippen molar-refractivity contribution >= 4 is 5.97 Å². The van der Waals surface area contributed by atoms with E-state index in [9.17, 15) is 4.79 Å². The molecule has 1 heterocycles. The van der Waals surface area contributed by atoms with Crippen molar-refractivity contribution in [3.63, 3.8) is 0 Å². The zero-order valence-corrected chi connectivity index (χ0v) is 11.8. The van der Waals surface area contributed by atoms with Gasteiger partial charge in [0.25, 0.3) is 0 Å². The highest BCUT2D eigenvalue weighted by Gasteiger charge is 2.20. The first kappa shape index (κ1) is 16.4. The molecule has 17 heavy (non-hydrogen) atoms. The van der Waals surface area contributed by atoms with E-state index >= 15 is 0 Å². The van der Waals surface area contributed by atoms with Gasteiger partial charge in [0.1, 0.15) is 6.04 Å². The molecule has 1 aliphatic heterocycles. The molecule has 0 amide bonds. The van der Waals surface area contributed by atoms with Crippen molar-refractivity contribution in [1.29, 1.82) is 0 Å². The summed E-state index contributed by atoms with van der Waals surface area (Å²) in [5, 5.41) is 11.2. The summed E-state index contributed by atoms with van der Waals surface area (Å²) in [5.74, 6) is -0.720. The molecule has 0 bridgehead atoms. The van der Waals surface area contributed by atoms with Crippen LogP contribution >= 0.6 is 0 Å². The van der Waals surface area contributed by atoms with Gasteiger partial charge in [0.2, 0.25) is 0 Å². The molecule has 102 valence electrons. The van der Waals surface area contributed by atoms with Crippen molar-refractivity contribution in [2.24, 2.45) is 0 Å². The number of aliphatic carboxylic acids is 1. The van der Waals surface area contributed by atoms with Crippen LogP contribution in [0, 0.1) is 0 Å². The van der Waals surface area contributed by atoms with Crippen LogP contribution in [0.25, 0.3) is 0 Å². The average Bonchev–Trinajstić information content (AvgIpc) is 2.87. The highest BCUT2D eigenvalue weighted by atomic mass is 16.4. The van der Waals surface area contributed by atoms with E-state index in [1.807, 2.05) is 0 Å². The van der Waals surface area contributed by atoms with Crippen LogP contribution in [0.1, 0.15) is 40.5 Å². The third-order valence-corrected chi connectivity index (χ3v) is 4.04. The SMILES string of the molecule is CC[N+](CC)(CC)CC.O=C(O)[C@@H]1CCCN1. The number of quaternary nitrogens is 1. The van der Waals surface area contributed by atoms with Crippen molar-refractivity contribution in [3.8, 4) is 0 Å². The van der Waals surface area contributed by atoms with Crippen LogP contribution in [0.3, 0.4) is 0 Å². The van der Waals surface area contributed by atoms with Gasteiger partial charge in [-0.15, -0.1) is 0 Å². The van der Waals surface area contributed by atoms with Crippen LogP contribution in [-0.4, -0.2) is 54.3 Å². The summed E-state index contributed by atoms with van der Waals surface area (Å²) in [6.45, 7) is 15.1. The summed E-state index contributed by atoms with van der Waals surface area (Å²) >= 11 is 0. The Hall–Kier alpha value is -0.610. The second kappa shape index (κ2) is 8.48. The third-order valence-electron chi connectivity index (χ3n) is 4.04. The molecule has 2 N–H and O–H groups in total. The van der Waals surface area contributed by atoms with Gasteiger partial charge in [-0.1, -0.05) is 0 Å². The minimum Gasteiger partial charge on any atom is -0.480 e. The molecule has 1 aliphatic rings. The van der Waals surface area contributed by atoms with Crippen LogP contribution in [0.2, 0.25) is 0 Å². The minimum atomic E-state index is -0.720. The topological polar surface area (TPSA) is 49.3 Å². The summed E-state index contributed by atoms with van der Waals surface area (Å²) in [5.41, 5.74) is 0. The van der Waals surface area contributed by atoms with Gasteiger partial charge in [0, 0.05) is 0 Å². The lowest BCUT2D eigenvalue weighted by Crippen LogP contribution is -2.47. The van der Waals surface area contributed by atoms with Crippen LogP contribution < -0.4 is 5.32 Å². The average molecular weight is 245 g/mol. The monoisotopic (exact) mass is 245 g/mol. The second-order valence-electron chi connectivity index (χ2n) is 4.59. The third kappa shape index (κ3) is 5.50. The molecule has 0 spiro atoms. The van der Waals surface area contributed by atoms with Gasteiger partial charge in [0.15, 0.2) is 0 Å². The summed E-state index contributed by atoms with van der Waals surface area (Å²) in [4.78, 5) is 10.1. The predicted octanol–water partition coefficient (Wildman–Crippen LogP) is 1.71. The molecule has 1 rings (SSSR count). The first-order chi connectivity index (χ1) is 8.05. The van der Waals surface area contributed by atoms with Gasteiger partial charge in [-0.25, -0.2) is 0 Å². The number of hydrogen-bond donors (Lipinski definition) is 2. The Bertz CT molecular complexity index is 192. The maximum Gasteiger partial charge on any atom is 0.320 e. The molecular formula is C13H29N2O2+. The van der Waals surface area contributed by atoms with E-state index in [1.54, 1.807) is 0 Å². The Morgan fingerprint density at radius 1 is 1.18 bits per heavy atom. The molecule has 0 aromatic rings. The Morgan fingerprint density at radius 3 is 1.76 bits per heavy atom. The molecule has 4 nitrogen and oxygen atoms in total. The van der Waals surface area contributed by atoms with E-state index < -0.39 is 5.97 Å². The minimum absolute atomic E-state index is 0.269. The lowest BCUT2D eigenvalue weighted by atomic mass is 10.2. The summed E-state index contributed by atoms with van der Waals surface area (Å²) in [6.07, 6.45) is 1.78. The largest absolute Gasteiger partial charge is 0.480 e. The van der Waals surface area contributed by atoms with E-state index in [2.05, 4.69) is 33.0 Å². The molecule has 0 unspecified atom stereocenters. The quantitative estimate of drug-likeness (QED) is 0.725. The van der Waals surface area contributed by atoms with Gasteiger partial charge in [0.05, 0.1) is 26.2 Å². The zero-order chi connectivity index (χ0) is 13.3. The summed E-state index contributed by atoms with van der Waals surface area (Å²) < 4.78 is 1.28. The molecule has 0 radical (unpaired) electrons. The number of carboxylic acid groups (broad SMARTS) is 1. The maximum absolute atomic E-state index is 10.1. The molecular weight excluding hydrogens is 216 g/mol. The van der Waals surface area contributed by atoms with Gasteiger partial charge in [-0.3, -0.25) is 4.79 Å². The van der Waals surface area contributed by atoms with E-state index in [4.69, 9.17) is 5.11 Å². The predicted molar refractivity (Wildman–Crippen MR) is 71.1 cm³/mol. The Kier molecular flexibility index (Phi) is 8.17. The van der Waals surface area contributed by atoms with E-state index in [1.165, 1.54) is 30.7 Å². The van der Waals surface area contributed by atoms with Crippen molar-refractivity contribution in [2.45, 2.75) is 46.6 Å². The molecule has 0 aliphatic carbocycles. The maximum atomic E-state index is 10.1. The number of carboxylic acids is 1. The molecule has 0 aromatic carbocycles. The lowest BCUT2D eigenvalue weighted by Gasteiger charge is -2.34. The fourth-order valence-corrected chi connectivity index (χ4v) is 2.24. The van der Waals surface area contributed by atoms with Crippen molar-refractivity contribution in [1.82, 2.24) is 5.32 Å². The number of nitrogens with one attached hydrogen (secondary N) is 1. The summed E-state index contributed by atoms with van der Waals surface area (Å²) in [6, 6.07) is -0.269. The van der Waals surface area contributed by atoms with Gasteiger partial charge < -0.3 is 14.9 Å². The van der Waals surface area contributed by atoms with Crippen molar-refractivity contribution < 1.29 is 14.4 Å². The molecule has 1 atom stereocenters. The van der Waals surface area contributed by atoms with Crippen LogP contribution in [0.4, 0.5) is 0 Å². The Balaban J connectivity index is 0.000000302. The molecule has 1 saturated heterocycles. The highest BCUT2D eigenvalue weighted by molar-refractivity contribution is 5.73. The van der Waals surface area contributed by atoms with Crippen LogP contribution in [0.5, 0.6) is 0 Å². The zero-order valence-electron chi connectivity index (χ0n) is 11.8. The molecule has 0 saturated carbocycles. The lowest BCUT2D eigenvalue weighted by molar-refractivity contribution is -0.921. The molecule has 1 fully saturated rings. The van der Waals surface area contributed by atoms with Gasteiger partial charge >= 0.3 is 5.97 Å². The first-order valence-corrected chi connectivity index (χ1v) is 6.86. The second-order valence-corrected chi connectivity index (χ2v) is 4.59.